The van der Waals surface area contributed by atoms with Crippen LogP contribution < -0.4 is 4.90 Å². The Labute approximate surface area is 330 Å². The van der Waals surface area contributed by atoms with E-state index in [4.69, 9.17) is 0 Å². The zero-order valence-corrected chi connectivity index (χ0v) is 31.7. The van der Waals surface area contributed by atoms with Crippen molar-refractivity contribution in [1.82, 2.24) is 9.13 Å². The lowest BCUT2D eigenvalue weighted by Crippen LogP contribution is -2.43. The van der Waals surface area contributed by atoms with Gasteiger partial charge in [0.1, 0.15) is 0 Å². The second kappa shape index (κ2) is 12.2. The average molecular weight is 755 g/mol. The molecule has 3 heterocycles. The van der Waals surface area contributed by atoms with Crippen molar-refractivity contribution in [2.24, 2.45) is 0 Å². The number of benzene rings is 7. The number of aromatic nitrogens is 2. The summed E-state index contributed by atoms with van der Waals surface area (Å²) in [5.74, 6) is -0.0132. The molecule has 2 atom stereocenters. The Balaban J connectivity index is 1.22. The van der Waals surface area contributed by atoms with Crippen LogP contribution in [0.25, 0.3) is 50.2 Å². The van der Waals surface area contributed by atoms with Crippen LogP contribution in [0, 0.1) is 11.3 Å². The third kappa shape index (κ3) is 4.65. The first-order chi connectivity index (χ1) is 27.9. The van der Waals surface area contributed by atoms with Crippen LogP contribution in [-0.2, 0) is 9.84 Å². The van der Waals surface area contributed by atoms with Gasteiger partial charge in [-0.05, 0) is 109 Å². The first-order valence-corrected chi connectivity index (χ1v) is 20.5. The summed E-state index contributed by atoms with van der Waals surface area (Å²) in [4.78, 5) is 2.83. The van der Waals surface area contributed by atoms with E-state index in [2.05, 4.69) is 154 Å². The Kier molecular flexibility index (Phi) is 7.10. The van der Waals surface area contributed by atoms with Gasteiger partial charge in [0, 0.05) is 44.8 Å². The number of fused-ring (bicyclic) bond motifs is 11. The summed E-state index contributed by atoms with van der Waals surface area (Å²) in [6.45, 7) is 2.34. The van der Waals surface area contributed by atoms with Gasteiger partial charge in [0.2, 0.25) is 9.84 Å². The van der Waals surface area contributed by atoms with E-state index in [1.807, 2.05) is 18.2 Å². The van der Waals surface area contributed by atoms with E-state index in [0.717, 1.165) is 55.5 Å². The van der Waals surface area contributed by atoms with E-state index in [-0.39, 0.29) is 15.7 Å². The lowest BCUT2D eigenvalue weighted by molar-refractivity contribution is 0.533. The molecule has 2 aliphatic rings. The van der Waals surface area contributed by atoms with E-state index in [0.29, 0.717) is 5.56 Å². The molecule has 0 N–H and O–H groups in total. The molecule has 1 aliphatic carbocycles. The number of para-hydroxylation sites is 4. The lowest BCUT2D eigenvalue weighted by Gasteiger charge is -2.41. The topological polar surface area (TPSA) is 71.0 Å². The van der Waals surface area contributed by atoms with Gasteiger partial charge in [0.05, 0.1) is 49.2 Å². The summed E-state index contributed by atoms with van der Waals surface area (Å²) < 4.78 is 32.5. The summed E-state index contributed by atoms with van der Waals surface area (Å²) in [6.07, 6.45) is 4.63. The van der Waals surface area contributed by atoms with Crippen molar-refractivity contribution < 1.29 is 8.42 Å². The van der Waals surface area contributed by atoms with Crippen LogP contribution in [0.1, 0.15) is 35.2 Å². The van der Waals surface area contributed by atoms with Gasteiger partial charge in [-0.15, -0.1) is 0 Å². The van der Waals surface area contributed by atoms with Gasteiger partial charge >= 0.3 is 0 Å². The first kappa shape index (κ1) is 33.2. The van der Waals surface area contributed by atoms with Gasteiger partial charge in [-0.1, -0.05) is 91.0 Å². The highest BCUT2D eigenvalue weighted by atomic mass is 32.2. The van der Waals surface area contributed by atoms with Crippen LogP contribution in [0.15, 0.2) is 186 Å². The second-order valence-electron chi connectivity index (χ2n) is 15.0. The molecule has 0 saturated carbocycles. The van der Waals surface area contributed by atoms with E-state index in [1.54, 1.807) is 12.1 Å². The standard InChI is InChI=1S/C50H34N4O2S/c1-50-31-30-45-46(47(50)41-17-9-11-19-44(41)54(50)36-14-6-3-7-15-36)42-29-28-40-39-16-8-10-18-43(39)52(34-12-4-2-5-13-34)48(40)49(42)53(45)35-22-26-38(27-23-35)57(55,56)37-24-20-33(32-51)21-25-37/h2-31,47H,1H3. The van der Waals surface area contributed by atoms with Gasteiger partial charge in [0.25, 0.3) is 0 Å². The highest BCUT2D eigenvalue weighted by Crippen LogP contribution is 2.59. The average Bonchev–Trinajstić information content (AvgIpc) is 3.87. The maximum absolute atomic E-state index is 13.9. The van der Waals surface area contributed by atoms with E-state index >= 15 is 0 Å². The lowest BCUT2D eigenvalue weighted by atomic mass is 9.74. The van der Waals surface area contributed by atoms with Crippen molar-refractivity contribution in [1.29, 1.82) is 5.26 Å². The van der Waals surface area contributed by atoms with Gasteiger partial charge in [-0.2, -0.15) is 5.26 Å². The third-order valence-electron chi connectivity index (χ3n) is 12.0. The zero-order valence-electron chi connectivity index (χ0n) is 30.9. The molecule has 6 nitrogen and oxygen atoms in total. The predicted octanol–water partition coefficient (Wildman–Crippen LogP) is 11.5. The van der Waals surface area contributed by atoms with Crippen molar-refractivity contribution >= 4 is 60.0 Å². The fourth-order valence-corrected chi connectivity index (χ4v) is 10.8. The molecule has 2 aromatic heterocycles. The Hall–Kier alpha value is -7.14. The Morgan fingerprint density at radius 3 is 1.88 bits per heavy atom. The van der Waals surface area contributed by atoms with Gasteiger partial charge in [0.15, 0.2) is 0 Å². The smallest absolute Gasteiger partial charge is 0.206 e. The minimum atomic E-state index is -3.83. The van der Waals surface area contributed by atoms with Crippen LogP contribution in [0.4, 0.5) is 11.4 Å². The molecule has 7 heteroatoms. The third-order valence-corrected chi connectivity index (χ3v) is 13.8. The second-order valence-corrected chi connectivity index (χ2v) is 17.0. The molecule has 0 radical (unpaired) electrons. The van der Waals surface area contributed by atoms with Crippen molar-refractivity contribution in [3.63, 3.8) is 0 Å². The minimum absolute atomic E-state index is 0.0132. The number of sulfone groups is 1. The fraction of sp³-hybridized carbons (Fsp3) is 0.0600. The molecule has 0 amide bonds. The van der Waals surface area contributed by atoms with Crippen LogP contribution in [-0.4, -0.2) is 23.1 Å². The number of nitrogens with zero attached hydrogens (tertiary/aromatic N) is 4. The molecule has 11 rings (SSSR count). The SMILES string of the molecule is CC12C=Cc3c(c4ccc5c6ccccc6n(-c6ccccc6)c5c4n3-c3ccc(S(=O)(=O)c4ccc(C#N)cc4)cc3)C1c1ccccc1N2c1ccccc1. The molecule has 7 aromatic carbocycles. The number of rotatable bonds is 5. The molecule has 2 unspecified atom stereocenters. The normalized spacial score (nSPS) is 17.1. The minimum Gasteiger partial charge on any atom is -0.331 e. The summed E-state index contributed by atoms with van der Waals surface area (Å²) in [5, 5.41) is 12.7. The number of hydrogen-bond acceptors (Lipinski definition) is 4. The molecular weight excluding hydrogens is 721 g/mol. The molecule has 0 fully saturated rings. The van der Waals surface area contributed by atoms with E-state index < -0.39 is 15.4 Å². The summed E-state index contributed by atoms with van der Waals surface area (Å²) in [7, 11) is -3.83. The van der Waals surface area contributed by atoms with Crippen molar-refractivity contribution in [2.75, 3.05) is 4.90 Å². The Bertz CT molecular complexity index is 3270. The number of anilines is 2. The van der Waals surface area contributed by atoms with Gasteiger partial charge < -0.3 is 14.0 Å². The predicted molar refractivity (Wildman–Crippen MR) is 229 cm³/mol. The molecule has 57 heavy (non-hydrogen) atoms. The maximum Gasteiger partial charge on any atom is 0.206 e. The quantitative estimate of drug-likeness (QED) is 0.175. The summed E-state index contributed by atoms with van der Waals surface area (Å²) >= 11 is 0. The highest BCUT2D eigenvalue weighted by Gasteiger charge is 2.51. The van der Waals surface area contributed by atoms with Gasteiger partial charge in [-0.3, -0.25) is 0 Å². The first-order valence-electron chi connectivity index (χ1n) is 19.0. The monoisotopic (exact) mass is 754 g/mol. The van der Waals surface area contributed by atoms with Gasteiger partial charge in [-0.25, -0.2) is 8.42 Å². The Morgan fingerprint density at radius 1 is 0.579 bits per heavy atom. The molecule has 272 valence electrons. The van der Waals surface area contributed by atoms with Crippen LogP contribution in [0.2, 0.25) is 0 Å². The summed E-state index contributed by atoms with van der Waals surface area (Å²) in [6, 6.07) is 58.5. The molecule has 0 bridgehead atoms. The molecule has 0 spiro atoms. The van der Waals surface area contributed by atoms with E-state index in [9.17, 15) is 13.7 Å². The number of hydrogen-bond donors (Lipinski definition) is 0. The Morgan fingerprint density at radius 2 is 1.16 bits per heavy atom. The number of nitriles is 1. The van der Waals surface area contributed by atoms with Crippen molar-refractivity contribution in [3.8, 4) is 17.4 Å². The van der Waals surface area contributed by atoms with Crippen LogP contribution in [0.5, 0.6) is 0 Å². The highest BCUT2D eigenvalue weighted by molar-refractivity contribution is 7.91. The fourth-order valence-electron chi connectivity index (χ4n) is 9.56. The zero-order chi connectivity index (χ0) is 38.5. The molecule has 1 aliphatic heterocycles. The largest absolute Gasteiger partial charge is 0.331 e. The van der Waals surface area contributed by atoms with Crippen molar-refractivity contribution in [2.45, 2.75) is 28.2 Å². The summed E-state index contributed by atoms with van der Waals surface area (Å²) in [5.41, 5.74) is 11.1. The van der Waals surface area contributed by atoms with Crippen LogP contribution in [0.3, 0.4) is 0 Å². The van der Waals surface area contributed by atoms with Crippen LogP contribution >= 0.6 is 0 Å². The molecule has 9 aromatic rings. The van der Waals surface area contributed by atoms with E-state index in [1.165, 1.54) is 41.1 Å². The molecule has 0 saturated heterocycles. The molecular formula is C50H34N4O2S. The maximum atomic E-state index is 13.9. The van der Waals surface area contributed by atoms with Crippen molar-refractivity contribution in [3.05, 3.63) is 198 Å².